The first-order chi connectivity index (χ1) is 11.0. The second kappa shape index (κ2) is 7.85. The van der Waals surface area contributed by atoms with Gasteiger partial charge in [-0.15, -0.1) is 0 Å². The largest absolute Gasteiger partial charge is 0.497 e. The van der Waals surface area contributed by atoms with Crippen LogP contribution >= 0.6 is 0 Å². The number of carbonyl (C=O) groups excluding carboxylic acids is 1. The number of methoxy groups -OCH3 is 1. The van der Waals surface area contributed by atoms with E-state index in [-0.39, 0.29) is 6.03 Å². The van der Waals surface area contributed by atoms with Crippen molar-refractivity contribution in [1.29, 1.82) is 0 Å². The topological polar surface area (TPSA) is 78.9 Å². The van der Waals surface area contributed by atoms with Crippen LogP contribution in [-0.2, 0) is 4.79 Å². The van der Waals surface area contributed by atoms with Crippen molar-refractivity contribution in [2.75, 3.05) is 26.7 Å². The van der Waals surface area contributed by atoms with Crippen molar-refractivity contribution in [3.8, 4) is 5.75 Å². The average molecular weight is 320 g/mol. The molecule has 1 heterocycles. The summed E-state index contributed by atoms with van der Waals surface area (Å²) < 4.78 is 5.14. The number of carboxylic acids is 1. The Bertz CT molecular complexity index is 544. The van der Waals surface area contributed by atoms with Crippen molar-refractivity contribution in [3.63, 3.8) is 0 Å². The quantitative estimate of drug-likeness (QED) is 0.843. The maximum atomic E-state index is 12.0. The number of amides is 2. The predicted octanol–water partition coefficient (Wildman–Crippen LogP) is 2.30. The number of nitrogens with one attached hydrogen (secondary N) is 1. The summed E-state index contributed by atoms with van der Waals surface area (Å²) in [4.78, 5) is 24.5. The molecule has 6 nitrogen and oxygen atoms in total. The van der Waals surface area contributed by atoms with Gasteiger partial charge in [0.25, 0.3) is 0 Å². The van der Waals surface area contributed by atoms with Crippen LogP contribution in [0.4, 0.5) is 4.79 Å². The maximum absolute atomic E-state index is 12.0. The molecule has 1 aliphatic heterocycles. The van der Waals surface area contributed by atoms with Gasteiger partial charge in [-0.2, -0.15) is 0 Å². The highest BCUT2D eigenvalue weighted by Crippen LogP contribution is 2.21. The van der Waals surface area contributed by atoms with Crippen LogP contribution in [0.2, 0.25) is 0 Å². The fourth-order valence-electron chi connectivity index (χ4n) is 2.75. The Morgan fingerprint density at radius 3 is 2.65 bits per heavy atom. The van der Waals surface area contributed by atoms with Crippen LogP contribution in [-0.4, -0.2) is 48.8 Å². The Hall–Kier alpha value is -2.24. The van der Waals surface area contributed by atoms with Crippen molar-refractivity contribution in [3.05, 3.63) is 29.8 Å². The van der Waals surface area contributed by atoms with Gasteiger partial charge in [-0.3, -0.25) is 4.79 Å². The van der Waals surface area contributed by atoms with E-state index in [1.807, 2.05) is 24.3 Å². The number of aliphatic carboxylic acids is 1. The van der Waals surface area contributed by atoms with E-state index in [9.17, 15) is 9.59 Å². The van der Waals surface area contributed by atoms with Gasteiger partial charge in [0.2, 0.25) is 0 Å². The molecule has 1 aliphatic rings. The van der Waals surface area contributed by atoms with Crippen LogP contribution in [0.15, 0.2) is 24.3 Å². The van der Waals surface area contributed by atoms with Gasteiger partial charge in [0.1, 0.15) is 5.75 Å². The van der Waals surface area contributed by atoms with Gasteiger partial charge in [0.05, 0.1) is 13.0 Å². The summed E-state index contributed by atoms with van der Waals surface area (Å²) in [6.45, 7) is 3.50. The smallest absolute Gasteiger partial charge is 0.317 e. The number of benzene rings is 1. The van der Waals surface area contributed by atoms with E-state index < -0.39 is 11.9 Å². The lowest BCUT2D eigenvalue weighted by Crippen LogP contribution is -2.39. The number of ether oxygens (including phenoxy) is 1. The molecule has 23 heavy (non-hydrogen) atoms. The Morgan fingerprint density at radius 2 is 2.09 bits per heavy atom. The third kappa shape index (κ3) is 4.61. The van der Waals surface area contributed by atoms with Crippen molar-refractivity contribution in [2.45, 2.75) is 25.7 Å². The summed E-state index contributed by atoms with van der Waals surface area (Å²) in [6, 6.07) is 7.75. The minimum atomic E-state index is -0.826. The van der Waals surface area contributed by atoms with E-state index in [1.165, 1.54) is 5.56 Å². The molecule has 0 spiro atoms. The van der Waals surface area contributed by atoms with E-state index >= 15 is 0 Å². The molecule has 0 saturated carbocycles. The number of urea groups is 1. The Labute approximate surface area is 136 Å². The first kappa shape index (κ1) is 17.1. The molecule has 0 radical (unpaired) electrons. The van der Waals surface area contributed by atoms with Gasteiger partial charge in [-0.25, -0.2) is 4.79 Å². The lowest BCUT2D eigenvalue weighted by molar-refractivity contribution is -0.141. The SMILES string of the molecule is COc1ccc(C(C)CCNC(=O)N2CCC(C(=O)O)C2)cc1. The lowest BCUT2D eigenvalue weighted by Gasteiger charge is -2.18. The molecule has 6 heteroatoms. The molecule has 0 bridgehead atoms. The highest BCUT2D eigenvalue weighted by Gasteiger charge is 2.30. The standard InChI is InChI=1S/C17H24N2O4/c1-12(13-3-5-15(23-2)6-4-13)7-9-18-17(22)19-10-8-14(11-19)16(20)21/h3-6,12,14H,7-11H2,1-2H3,(H,18,22)(H,20,21). The van der Waals surface area contributed by atoms with Gasteiger partial charge in [0, 0.05) is 19.6 Å². The van der Waals surface area contributed by atoms with Crippen molar-refractivity contribution < 1.29 is 19.4 Å². The van der Waals surface area contributed by atoms with Crippen LogP contribution in [0.3, 0.4) is 0 Å². The highest BCUT2D eigenvalue weighted by atomic mass is 16.5. The van der Waals surface area contributed by atoms with Gasteiger partial charge in [-0.1, -0.05) is 19.1 Å². The van der Waals surface area contributed by atoms with E-state index in [2.05, 4.69) is 12.2 Å². The fourth-order valence-corrected chi connectivity index (χ4v) is 2.75. The second-order valence-electron chi connectivity index (χ2n) is 5.96. The van der Waals surface area contributed by atoms with Crippen LogP contribution in [0, 0.1) is 5.92 Å². The van der Waals surface area contributed by atoms with Crippen molar-refractivity contribution >= 4 is 12.0 Å². The summed E-state index contributed by atoms with van der Waals surface area (Å²) in [7, 11) is 1.64. The molecular formula is C17H24N2O4. The second-order valence-corrected chi connectivity index (χ2v) is 5.96. The Morgan fingerprint density at radius 1 is 1.39 bits per heavy atom. The molecule has 1 aromatic carbocycles. The van der Waals surface area contributed by atoms with Gasteiger partial charge in [0.15, 0.2) is 0 Å². The molecule has 2 N–H and O–H groups in total. The minimum absolute atomic E-state index is 0.171. The molecule has 126 valence electrons. The van der Waals surface area contributed by atoms with Crippen molar-refractivity contribution in [1.82, 2.24) is 10.2 Å². The molecule has 2 atom stereocenters. The number of likely N-dealkylation sites (tertiary alicyclic amines) is 1. The van der Waals surface area contributed by atoms with Crippen LogP contribution in [0.25, 0.3) is 0 Å². The summed E-state index contributed by atoms with van der Waals surface area (Å²) >= 11 is 0. The van der Waals surface area contributed by atoms with Gasteiger partial charge in [-0.05, 0) is 36.5 Å². The highest BCUT2D eigenvalue weighted by molar-refractivity contribution is 5.77. The molecule has 2 amide bonds. The van der Waals surface area contributed by atoms with Crippen LogP contribution < -0.4 is 10.1 Å². The zero-order valence-electron chi connectivity index (χ0n) is 13.6. The summed E-state index contributed by atoms with van der Waals surface area (Å²) in [5.41, 5.74) is 1.20. The van der Waals surface area contributed by atoms with Crippen molar-refractivity contribution in [2.24, 2.45) is 5.92 Å². The summed E-state index contributed by atoms with van der Waals surface area (Å²) in [6.07, 6.45) is 1.36. The van der Waals surface area contributed by atoms with Gasteiger partial charge >= 0.3 is 12.0 Å². The summed E-state index contributed by atoms with van der Waals surface area (Å²) in [5, 5.41) is 11.8. The van der Waals surface area contributed by atoms with Crippen LogP contribution in [0.1, 0.15) is 31.2 Å². The molecule has 0 aromatic heterocycles. The summed E-state index contributed by atoms with van der Waals surface area (Å²) in [5.74, 6) is -0.102. The Kier molecular flexibility index (Phi) is 5.84. The number of hydrogen-bond acceptors (Lipinski definition) is 3. The molecule has 1 fully saturated rings. The number of rotatable bonds is 6. The normalized spacial score (nSPS) is 18.5. The molecular weight excluding hydrogens is 296 g/mol. The number of nitrogens with zero attached hydrogens (tertiary/aromatic N) is 1. The van der Waals surface area contributed by atoms with Crippen LogP contribution in [0.5, 0.6) is 5.75 Å². The zero-order valence-corrected chi connectivity index (χ0v) is 13.6. The molecule has 1 saturated heterocycles. The first-order valence-corrected chi connectivity index (χ1v) is 7.90. The third-order valence-corrected chi connectivity index (χ3v) is 4.36. The fraction of sp³-hybridized carbons (Fsp3) is 0.529. The number of hydrogen-bond donors (Lipinski definition) is 2. The maximum Gasteiger partial charge on any atom is 0.317 e. The monoisotopic (exact) mass is 320 g/mol. The van der Waals surface area contributed by atoms with E-state index in [4.69, 9.17) is 9.84 Å². The first-order valence-electron chi connectivity index (χ1n) is 7.90. The molecule has 0 aliphatic carbocycles. The van der Waals surface area contributed by atoms with E-state index in [0.29, 0.717) is 32.0 Å². The average Bonchev–Trinajstić information content (AvgIpc) is 3.05. The lowest BCUT2D eigenvalue weighted by atomic mass is 9.98. The molecule has 2 unspecified atom stereocenters. The number of carbonyl (C=O) groups is 2. The van der Waals surface area contributed by atoms with Gasteiger partial charge < -0.3 is 20.1 Å². The Balaban J connectivity index is 1.73. The minimum Gasteiger partial charge on any atom is -0.497 e. The van der Waals surface area contributed by atoms with E-state index in [0.717, 1.165) is 12.2 Å². The molecule has 2 rings (SSSR count). The predicted molar refractivity (Wildman–Crippen MR) is 86.7 cm³/mol. The molecule has 1 aromatic rings. The number of carboxylic acid groups (broad SMARTS) is 1. The zero-order chi connectivity index (χ0) is 16.8. The third-order valence-electron chi connectivity index (χ3n) is 4.36. The van der Waals surface area contributed by atoms with E-state index in [1.54, 1.807) is 12.0 Å².